The Balaban J connectivity index is 1.98. The van der Waals surface area contributed by atoms with Crippen LogP contribution >= 0.6 is 0 Å². The van der Waals surface area contributed by atoms with Gasteiger partial charge in [0.25, 0.3) is 5.91 Å². The Morgan fingerprint density at radius 1 is 1.12 bits per heavy atom. The summed E-state index contributed by atoms with van der Waals surface area (Å²) in [6, 6.07) is 11.0. The quantitative estimate of drug-likeness (QED) is 0.808. The van der Waals surface area contributed by atoms with Crippen molar-refractivity contribution in [2.24, 2.45) is 0 Å². The molecule has 25 heavy (non-hydrogen) atoms. The molecular weight excluding hydrogens is 332 g/mol. The number of benzene rings is 2. The van der Waals surface area contributed by atoms with Crippen molar-refractivity contribution in [1.82, 2.24) is 0 Å². The largest absolute Gasteiger partial charge is 0.452 e. The molecule has 0 spiro atoms. The number of aryl methyl sites for hydroxylation is 2. The third kappa shape index (κ3) is 5.27. The molecule has 0 heterocycles. The van der Waals surface area contributed by atoms with E-state index in [0.717, 1.165) is 11.1 Å². The van der Waals surface area contributed by atoms with Gasteiger partial charge in [-0.3, -0.25) is 4.79 Å². The average Bonchev–Trinajstić information content (AvgIpc) is 2.56. The van der Waals surface area contributed by atoms with Gasteiger partial charge in [0, 0.05) is 5.69 Å². The van der Waals surface area contributed by atoms with Gasteiger partial charge in [-0.1, -0.05) is 24.3 Å². The molecule has 7 heteroatoms. The highest BCUT2D eigenvalue weighted by atomic mass is 19.3. The number of para-hydroxylation sites is 1. The van der Waals surface area contributed by atoms with Crippen molar-refractivity contribution in [3.63, 3.8) is 0 Å². The van der Waals surface area contributed by atoms with Crippen LogP contribution in [0.4, 0.5) is 14.5 Å². The molecule has 0 fully saturated rings. The van der Waals surface area contributed by atoms with E-state index in [-0.39, 0.29) is 11.3 Å². The zero-order valence-electron chi connectivity index (χ0n) is 13.7. The lowest BCUT2D eigenvalue weighted by molar-refractivity contribution is -0.119. The Hall–Kier alpha value is -2.96. The topological polar surface area (TPSA) is 64.6 Å². The van der Waals surface area contributed by atoms with Gasteiger partial charge in [0.1, 0.15) is 11.3 Å². The number of hydrogen-bond donors (Lipinski definition) is 1. The Kier molecular flexibility index (Phi) is 6.05. The zero-order valence-corrected chi connectivity index (χ0v) is 13.7. The first kappa shape index (κ1) is 18.4. The average molecular weight is 349 g/mol. The van der Waals surface area contributed by atoms with Crippen molar-refractivity contribution in [2.45, 2.75) is 20.5 Å². The molecule has 5 nitrogen and oxygen atoms in total. The molecule has 0 atom stereocenters. The minimum atomic E-state index is -3.07. The number of carbonyl (C=O) groups excluding carboxylic acids is 2. The molecule has 2 aromatic carbocycles. The molecule has 0 aliphatic heterocycles. The summed E-state index contributed by atoms with van der Waals surface area (Å²) in [6.45, 7) is 0.102. The molecule has 132 valence electrons. The number of amides is 1. The van der Waals surface area contributed by atoms with E-state index in [0.29, 0.717) is 5.69 Å². The molecule has 0 saturated carbocycles. The van der Waals surface area contributed by atoms with Crippen LogP contribution in [0.15, 0.2) is 42.5 Å². The van der Waals surface area contributed by atoms with Crippen LogP contribution in [0.3, 0.4) is 0 Å². The molecule has 0 aliphatic rings. The van der Waals surface area contributed by atoms with Gasteiger partial charge in [0.15, 0.2) is 6.61 Å². The number of rotatable bonds is 6. The highest BCUT2D eigenvalue weighted by Gasteiger charge is 2.17. The summed E-state index contributed by atoms with van der Waals surface area (Å²) < 4.78 is 33.8. The molecule has 0 aliphatic carbocycles. The van der Waals surface area contributed by atoms with E-state index in [2.05, 4.69) is 10.1 Å². The van der Waals surface area contributed by atoms with Crippen LogP contribution in [0, 0.1) is 13.8 Å². The third-order valence-electron chi connectivity index (χ3n) is 3.32. The Morgan fingerprint density at radius 2 is 1.84 bits per heavy atom. The molecular formula is C18H17F2NO4. The van der Waals surface area contributed by atoms with Crippen molar-refractivity contribution < 1.29 is 27.8 Å². The van der Waals surface area contributed by atoms with E-state index >= 15 is 0 Å². The van der Waals surface area contributed by atoms with E-state index < -0.39 is 25.1 Å². The normalized spacial score (nSPS) is 10.4. The Morgan fingerprint density at radius 3 is 2.56 bits per heavy atom. The zero-order chi connectivity index (χ0) is 18.4. The number of nitrogens with one attached hydrogen (secondary N) is 1. The summed E-state index contributed by atoms with van der Waals surface area (Å²) in [5.74, 6) is -1.76. The van der Waals surface area contributed by atoms with Crippen LogP contribution in [0.25, 0.3) is 0 Å². The second kappa shape index (κ2) is 8.23. The standard InChI is InChI=1S/C18H17F2NO4/c1-11-7-8-12(2)14(9-11)21-16(22)10-24-17(23)13-5-3-4-6-15(13)25-18(19)20/h3-9,18H,10H2,1-2H3,(H,21,22). The third-order valence-corrected chi connectivity index (χ3v) is 3.32. The Labute approximate surface area is 143 Å². The highest BCUT2D eigenvalue weighted by Crippen LogP contribution is 2.21. The van der Waals surface area contributed by atoms with Crippen LogP contribution in [-0.4, -0.2) is 25.1 Å². The summed E-state index contributed by atoms with van der Waals surface area (Å²) in [4.78, 5) is 23.9. The first-order valence-electron chi connectivity index (χ1n) is 7.45. The molecule has 1 N–H and O–H groups in total. The first-order valence-corrected chi connectivity index (χ1v) is 7.45. The second-order valence-electron chi connectivity index (χ2n) is 5.32. The predicted octanol–water partition coefficient (Wildman–Crippen LogP) is 3.70. The summed E-state index contributed by atoms with van der Waals surface area (Å²) in [5, 5.41) is 2.64. The van der Waals surface area contributed by atoms with Crippen molar-refractivity contribution in [1.29, 1.82) is 0 Å². The number of esters is 1. The lowest BCUT2D eigenvalue weighted by atomic mass is 10.1. The van der Waals surface area contributed by atoms with Gasteiger partial charge in [0.05, 0.1) is 0 Å². The fourth-order valence-corrected chi connectivity index (χ4v) is 2.10. The van der Waals surface area contributed by atoms with Gasteiger partial charge >= 0.3 is 12.6 Å². The van der Waals surface area contributed by atoms with Crippen molar-refractivity contribution in [3.05, 3.63) is 59.2 Å². The Bertz CT molecular complexity index is 777. The SMILES string of the molecule is Cc1ccc(C)c(NC(=O)COC(=O)c2ccccc2OC(F)F)c1. The van der Waals surface area contributed by atoms with Crippen LogP contribution in [-0.2, 0) is 9.53 Å². The van der Waals surface area contributed by atoms with Crippen LogP contribution < -0.4 is 10.1 Å². The fourth-order valence-electron chi connectivity index (χ4n) is 2.10. The number of alkyl halides is 2. The maximum Gasteiger partial charge on any atom is 0.387 e. The van der Waals surface area contributed by atoms with Crippen LogP contribution in [0.2, 0.25) is 0 Å². The number of hydrogen-bond acceptors (Lipinski definition) is 4. The van der Waals surface area contributed by atoms with Gasteiger partial charge in [-0.15, -0.1) is 0 Å². The van der Waals surface area contributed by atoms with E-state index in [1.54, 1.807) is 6.07 Å². The van der Waals surface area contributed by atoms with Crippen molar-refractivity contribution >= 4 is 17.6 Å². The van der Waals surface area contributed by atoms with Gasteiger partial charge in [-0.25, -0.2) is 4.79 Å². The molecule has 0 unspecified atom stereocenters. The van der Waals surface area contributed by atoms with Crippen molar-refractivity contribution in [3.8, 4) is 5.75 Å². The van der Waals surface area contributed by atoms with E-state index in [4.69, 9.17) is 4.74 Å². The number of ether oxygens (including phenoxy) is 2. The highest BCUT2D eigenvalue weighted by molar-refractivity contribution is 5.97. The molecule has 0 radical (unpaired) electrons. The van der Waals surface area contributed by atoms with Gasteiger partial charge < -0.3 is 14.8 Å². The molecule has 2 aromatic rings. The van der Waals surface area contributed by atoms with E-state index in [1.165, 1.54) is 24.3 Å². The van der Waals surface area contributed by atoms with Crippen LogP contribution in [0.1, 0.15) is 21.5 Å². The van der Waals surface area contributed by atoms with E-state index in [9.17, 15) is 18.4 Å². The molecule has 2 rings (SSSR count). The maximum atomic E-state index is 12.4. The van der Waals surface area contributed by atoms with Crippen LogP contribution in [0.5, 0.6) is 5.75 Å². The first-order chi connectivity index (χ1) is 11.9. The minimum Gasteiger partial charge on any atom is -0.452 e. The second-order valence-corrected chi connectivity index (χ2v) is 5.32. The lowest BCUT2D eigenvalue weighted by Crippen LogP contribution is -2.21. The molecule has 0 aromatic heterocycles. The fraction of sp³-hybridized carbons (Fsp3) is 0.222. The van der Waals surface area contributed by atoms with Crippen molar-refractivity contribution in [2.75, 3.05) is 11.9 Å². The molecule has 0 saturated heterocycles. The monoisotopic (exact) mass is 349 g/mol. The molecule has 0 bridgehead atoms. The summed E-state index contributed by atoms with van der Waals surface area (Å²) in [6.07, 6.45) is 0. The summed E-state index contributed by atoms with van der Waals surface area (Å²) in [7, 11) is 0. The van der Waals surface area contributed by atoms with E-state index in [1.807, 2.05) is 26.0 Å². The number of halogens is 2. The maximum absolute atomic E-state index is 12.4. The van der Waals surface area contributed by atoms with Gasteiger partial charge in [-0.05, 0) is 43.2 Å². The number of carbonyl (C=O) groups is 2. The van der Waals surface area contributed by atoms with Gasteiger partial charge in [-0.2, -0.15) is 8.78 Å². The lowest BCUT2D eigenvalue weighted by Gasteiger charge is -2.11. The predicted molar refractivity (Wildman–Crippen MR) is 87.9 cm³/mol. The van der Waals surface area contributed by atoms with Gasteiger partial charge in [0.2, 0.25) is 0 Å². The molecule has 1 amide bonds. The smallest absolute Gasteiger partial charge is 0.387 e. The number of anilines is 1. The summed E-state index contributed by atoms with van der Waals surface area (Å²) >= 11 is 0. The minimum absolute atomic E-state index is 0.178. The summed E-state index contributed by atoms with van der Waals surface area (Å²) in [5.41, 5.74) is 2.27.